The normalized spacial score (nSPS) is 15.3. The van der Waals surface area contributed by atoms with Crippen LogP contribution in [0.2, 0.25) is 0 Å². The highest BCUT2D eigenvalue weighted by atomic mass is 32.2. The van der Waals surface area contributed by atoms with Gasteiger partial charge in [-0.15, -0.1) is 0 Å². The van der Waals surface area contributed by atoms with Gasteiger partial charge in [-0.25, -0.2) is 8.42 Å². The second-order valence-corrected chi connectivity index (χ2v) is 9.91. The van der Waals surface area contributed by atoms with Gasteiger partial charge >= 0.3 is 0 Å². The average molecular weight is 468 g/mol. The molecule has 33 heavy (non-hydrogen) atoms. The molecule has 4 rings (SSSR count). The SMILES string of the molecule is CC(=O)c1ccc(S(=O)(=O)N2CCC(C(=O)Nc3ccn(Cc4ccccn4)n3)CC2)cc1. The van der Waals surface area contributed by atoms with E-state index >= 15 is 0 Å². The number of Topliss-reactive ketones (excluding diaryl/α,β-unsaturated/α-hetero) is 1. The number of sulfonamides is 1. The lowest BCUT2D eigenvalue weighted by molar-refractivity contribution is -0.120. The highest BCUT2D eigenvalue weighted by molar-refractivity contribution is 7.89. The minimum absolute atomic E-state index is 0.118. The number of rotatable bonds is 7. The van der Waals surface area contributed by atoms with Crippen molar-refractivity contribution in [3.63, 3.8) is 0 Å². The standard InChI is InChI=1S/C23H25N5O4S/c1-17(29)18-5-7-21(8-6-18)33(31,32)28-14-9-19(10-15-28)23(30)25-22-11-13-27(26-22)16-20-4-2-3-12-24-20/h2-8,11-13,19H,9-10,14-16H2,1H3,(H,25,26,30). The Morgan fingerprint density at radius 1 is 1.06 bits per heavy atom. The van der Waals surface area contributed by atoms with Crippen LogP contribution in [0.4, 0.5) is 5.82 Å². The van der Waals surface area contributed by atoms with Crippen molar-refractivity contribution < 1.29 is 18.0 Å². The molecule has 1 aromatic carbocycles. The van der Waals surface area contributed by atoms with E-state index in [0.717, 1.165) is 5.69 Å². The second kappa shape index (κ2) is 9.63. The summed E-state index contributed by atoms with van der Waals surface area (Å²) in [4.78, 5) is 28.5. The quantitative estimate of drug-likeness (QED) is 0.534. The van der Waals surface area contributed by atoms with Crippen LogP contribution in [-0.4, -0.2) is 52.3 Å². The molecule has 1 amide bonds. The van der Waals surface area contributed by atoms with E-state index in [2.05, 4.69) is 15.4 Å². The topological polar surface area (TPSA) is 114 Å². The Balaban J connectivity index is 1.32. The first-order valence-electron chi connectivity index (χ1n) is 10.7. The molecule has 1 saturated heterocycles. The van der Waals surface area contributed by atoms with Crippen molar-refractivity contribution in [2.75, 3.05) is 18.4 Å². The van der Waals surface area contributed by atoms with Crippen molar-refractivity contribution in [1.82, 2.24) is 19.1 Å². The summed E-state index contributed by atoms with van der Waals surface area (Å²) in [5.74, 6) is -0.123. The van der Waals surface area contributed by atoms with Crippen LogP contribution in [0.15, 0.2) is 65.8 Å². The molecule has 172 valence electrons. The summed E-state index contributed by atoms with van der Waals surface area (Å²) in [6.07, 6.45) is 4.34. The maximum Gasteiger partial charge on any atom is 0.243 e. The molecule has 1 fully saturated rings. The maximum atomic E-state index is 12.9. The predicted octanol–water partition coefficient (Wildman–Crippen LogP) is 2.57. The molecule has 1 aliphatic heterocycles. The summed E-state index contributed by atoms with van der Waals surface area (Å²) >= 11 is 0. The summed E-state index contributed by atoms with van der Waals surface area (Å²) < 4.78 is 28.9. The molecular formula is C23H25N5O4S. The number of carbonyl (C=O) groups excluding carboxylic acids is 2. The van der Waals surface area contributed by atoms with E-state index in [1.807, 2.05) is 18.2 Å². The van der Waals surface area contributed by atoms with E-state index in [1.54, 1.807) is 23.1 Å². The van der Waals surface area contributed by atoms with Crippen LogP contribution in [0.1, 0.15) is 35.8 Å². The molecule has 9 nitrogen and oxygen atoms in total. The number of nitrogens with one attached hydrogen (secondary N) is 1. The Morgan fingerprint density at radius 3 is 2.42 bits per heavy atom. The van der Waals surface area contributed by atoms with E-state index in [9.17, 15) is 18.0 Å². The fraction of sp³-hybridized carbons (Fsp3) is 0.304. The van der Waals surface area contributed by atoms with Gasteiger partial charge in [0.05, 0.1) is 17.1 Å². The minimum atomic E-state index is -3.67. The fourth-order valence-corrected chi connectivity index (χ4v) is 5.24. The van der Waals surface area contributed by atoms with E-state index < -0.39 is 10.0 Å². The summed E-state index contributed by atoms with van der Waals surface area (Å²) in [6, 6.07) is 13.3. The van der Waals surface area contributed by atoms with Gasteiger partial charge in [0.1, 0.15) is 0 Å². The molecule has 2 aromatic heterocycles. The molecule has 1 N–H and O–H groups in total. The highest BCUT2D eigenvalue weighted by Crippen LogP contribution is 2.25. The lowest BCUT2D eigenvalue weighted by atomic mass is 9.97. The van der Waals surface area contributed by atoms with E-state index in [0.29, 0.717) is 30.8 Å². The Hall–Kier alpha value is -3.37. The van der Waals surface area contributed by atoms with Gasteiger partial charge in [-0.1, -0.05) is 18.2 Å². The predicted molar refractivity (Wildman–Crippen MR) is 122 cm³/mol. The minimum Gasteiger partial charge on any atom is -0.309 e. The van der Waals surface area contributed by atoms with Gasteiger partial charge in [-0.2, -0.15) is 9.40 Å². The second-order valence-electron chi connectivity index (χ2n) is 7.97. The first kappa shape index (κ1) is 22.8. The number of pyridine rings is 1. The third kappa shape index (κ3) is 5.35. The third-order valence-electron chi connectivity index (χ3n) is 5.67. The van der Waals surface area contributed by atoms with Crippen LogP contribution < -0.4 is 5.32 Å². The maximum absolute atomic E-state index is 12.9. The van der Waals surface area contributed by atoms with Gasteiger partial charge in [-0.3, -0.25) is 19.3 Å². The van der Waals surface area contributed by atoms with Crippen molar-refractivity contribution in [3.8, 4) is 0 Å². The Kier molecular flexibility index (Phi) is 6.66. The fourth-order valence-electron chi connectivity index (χ4n) is 3.77. The number of benzene rings is 1. The summed E-state index contributed by atoms with van der Waals surface area (Å²) in [5, 5.41) is 7.20. The van der Waals surface area contributed by atoms with Crippen LogP contribution in [0.25, 0.3) is 0 Å². The monoisotopic (exact) mass is 467 g/mol. The van der Waals surface area contributed by atoms with Gasteiger partial charge in [-0.05, 0) is 44.0 Å². The molecule has 1 aliphatic rings. The van der Waals surface area contributed by atoms with Crippen molar-refractivity contribution in [2.24, 2.45) is 5.92 Å². The first-order valence-corrected chi connectivity index (χ1v) is 12.1. The number of carbonyl (C=O) groups is 2. The number of ketones is 1. The molecular weight excluding hydrogens is 442 g/mol. The number of nitrogens with zero attached hydrogens (tertiary/aromatic N) is 4. The Bertz CT molecular complexity index is 1230. The van der Waals surface area contributed by atoms with Crippen LogP contribution >= 0.6 is 0 Å². The number of hydrogen-bond acceptors (Lipinski definition) is 6. The Labute approximate surface area is 192 Å². The number of amides is 1. The van der Waals surface area contributed by atoms with Crippen LogP contribution in [0.3, 0.4) is 0 Å². The van der Waals surface area contributed by atoms with E-state index in [-0.39, 0.29) is 35.6 Å². The number of anilines is 1. The zero-order chi connectivity index (χ0) is 23.4. The van der Waals surface area contributed by atoms with Crippen LogP contribution in [0, 0.1) is 5.92 Å². The molecule has 0 bridgehead atoms. The largest absolute Gasteiger partial charge is 0.309 e. The number of hydrogen-bond donors (Lipinski definition) is 1. The van der Waals surface area contributed by atoms with Crippen molar-refractivity contribution >= 4 is 27.5 Å². The lowest BCUT2D eigenvalue weighted by Crippen LogP contribution is -2.41. The molecule has 3 heterocycles. The first-order chi connectivity index (χ1) is 15.8. The van der Waals surface area contributed by atoms with Crippen molar-refractivity contribution in [3.05, 3.63) is 72.2 Å². The van der Waals surface area contributed by atoms with Crippen molar-refractivity contribution in [1.29, 1.82) is 0 Å². The molecule has 0 unspecified atom stereocenters. The van der Waals surface area contributed by atoms with Gasteiger partial charge in [0.2, 0.25) is 15.9 Å². The summed E-state index contributed by atoms with van der Waals surface area (Å²) in [6.45, 7) is 2.44. The van der Waals surface area contributed by atoms with Gasteiger partial charge in [0.15, 0.2) is 11.6 Å². The summed E-state index contributed by atoms with van der Waals surface area (Å²) in [5.41, 5.74) is 1.33. The average Bonchev–Trinajstić information content (AvgIpc) is 3.26. The molecule has 0 aliphatic carbocycles. The van der Waals surface area contributed by atoms with Crippen molar-refractivity contribution in [2.45, 2.75) is 31.2 Å². The lowest BCUT2D eigenvalue weighted by Gasteiger charge is -2.30. The molecule has 3 aromatic rings. The zero-order valence-electron chi connectivity index (χ0n) is 18.2. The van der Waals surface area contributed by atoms with Gasteiger partial charge < -0.3 is 5.32 Å². The van der Waals surface area contributed by atoms with E-state index in [1.165, 1.54) is 35.5 Å². The zero-order valence-corrected chi connectivity index (χ0v) is 19.0. The molecule has 0 radical (unpaired) electrons. The smallest absolute Gasteiger partial charge is 0.243 e. The number of piperidine rings is 1. The van der Waals surface area contributed by atoms with Crippen LogP contribution in [0.5, 0.6) is 0 Å². The van der Waals surface area contributed by atoms with E-state index in [4.69, 9.17) is 0 Å². The number of aromatic nitrogens is 3. The molecule has 0 saturated carbocycles. The summed E-state index contributed by atoms with van der Waals surface area (Å²) in [7, 11) is -3.67. The highest BCUT2D eigenvalue weighted by Gasteiger charge is 2.32. The molecule has 0 spiro atoms. The molecule has 0 atom stereocenters. The molecule has 10 heteroatoms. The van der Waals surface area contributed by atoms with Gasteiger partial charge in [0.25, 0.3) is 0 Å². The third-order valence-corrected chi connectivity index (χ3v) is 7.58. The van der Waals surface area contributed by atoms with Gasteiger partial charge in [0, 0.05) is 43.0 Å². The Morgan fingerprint density at radius 2 is 1.79 bits per heavy atom. The van der Waals surface area contributed by atoms with Crippen LogP contribution in [-0.2, 0) is 21.4 Å².